The van der Waals surface area contributed by atoms with Crippen LogP contribution in [0, 0.1) is 28.1 Å². The van der Waals surface area contributed by atoms with Crippen LogP contribution in [0.5, 0.6) is 0 Å². The molecule has 1 aromatic rings. The van der Waals surface area contributed by atoms with E-state index in [1.807, 2.05) is 41.5 Å². The van der Waals surface area contributed by atoms with Gasteiger partial charge in [0, 0.05) is 35.2 Å². The number of Topliss-reactive ketones (excluding diaryl/α,β-unsaturated/α-hetero) is 1. The summed E-state index contributed by atoms with van der Waals surface area (Å²) in [7, 11) is 0. The van der Waals surface area contributed by atoms with Crippen molar-refractivity contribution in [1.29, 1.82) is 0 Å². The highest BCUT2D eigenvalue weighted by molar-refractivity contribution is 8.00. The zero-order valence-corrected chi connectivity index (χ0v) is 26.7. The van der Waals surface area contributed by atoms with E-state index in [0.717, 1.165) is 11.8 Å². The highest BCUT2D eigenvalue weighted by Crippen LogP contribution is 2.60. The lowest BCUT2D eigenvalue weighted by Crippen LogP contribution is -2.64. The standard InChI is InChI=1S/C33H47NO7S/c1-8-31(6)19-25(41-27(36)20-42-24-14-12-11-13-23(24)29(38)39)32(7)21(4)15-17-33(30(32)40,22(5)28(31)37)18-16-26(35)34(9-2)10-3/h8,11-14,21-22,25,28,37H,1,9-10,15-20H2,2-7H3,(H,38,39)/t21?,22-,25+,28-,31+,32-,33-/m0/s1. The number of carbonyl (C=O) groups excluding carboxylic acids is 3. The number of carbonyl (C=O) groups is 4. The third-order valence-electron chi connectivity index (χ3n) is 10.4. The minimum Gasteiger partial charge on any atom is -0.478 e. The molecule has 0 saturated heterocycles. The van der Waals surface area contributed by atoms with E-state index in [1.165, 1.54) is 6.07 Å². The fraction of sp³-hybridized carbons (Fsp3) is 0.636. The average Bonchev–Trinajstić information content (AvgIpc) is 2.97. The van der Waals surface area contributed by atoms with Gasteiger partial charge in [0.1, 0.15) is 11.9 Å². The van der Waals surface area contributed by atoms with Crippen LogP contribution in [0.15, 0.2) is 41.8 Å². The molecule has 0 aromatic heterocycles. The van der Waals surface area contributed by atoms with Gasteiger partial charge in [-0.05, 0) is 70.4 Å². The molecule has 3 rings (SSSR count). The zero-order valence-electron chi connectivity index (χ0n) is 25.9. The molecular formula is C33H47NO7S. The molecule has 1 unspecified atom stereocenters. The number of benzene rings is 1. The summed E-state index contributed by atoms with van der Waals surface area (Å²) in [6.45, 7) is 16.7. The molecule has 0 spiro atoms. The maximum absolute atomic E-state index is 14.8. The van der Waals surface area contributed by atoms with E-state index in [-0.39, 0.29) is 41.8 Å². The predicted octanol–water partition coefficient (Wildman–Crippen LogP) is 5.62. The van der Waals surface area contributed by atoms with E-state index in [4.69, 9.17) is 4.74 Å². The zero-order chi connectivity index (χ0) is 31.5. The van der Waals surface area contributed by atoms with Crippen molar-refractivity contribution in [3.63, 3.8) is 0 Å². The number of aliphatic hydroxyl groups excluding tert-OH is 1. The van der Waals surface area contributed by atoms with Gasteiger partial charge in [-0.2, -0.15) is 0 Å². The summed E-state index contributed by atoms with van der Waals surface area (Å²) in [6.07, 6.45) is 1.87. The second-order valence-electron chi connectivity index (χ2n) is 12.5. The van der Waals surface area contributed by atoms with Crippen LogP contribution < -0.4 is 0 Å². The Hall–Kier alpha value is -2.65. The number of nitrogens with zero attached hydrogens (tertiary/aromatic N) is 1. The van der Waals surface area contributed by atoms with Gasteiger partial charge in [-0.15, -0.1) is 18.3 Å². The van der Waals surface area contributed by atoms with Crippen molar-refractivity contribution < 1.29 is 34.1 Å². The van der Waals surface area contributed by atoms with E-state index in [9.17, 15) is 29.4 Å². The van der Waals surface area contributed by atoms with Crippen LogP contribution in [0.4, 0.5) is 0 Å². The molecule has 2 saturated carbocycles. The molecule has 8 nitrogen and oxygen atoms in total. The largest absolute Gasteiger partial charge is 0.478 e. The van der Waals surface area contributed by atoms with Gasteiger partial charge in [-0.25, -0.2) is 4.79 Å². The fourth-order valence-electron chi connectivity index (χ4n) is 7.15. The number of aliphatic hydroxyl groups is 1. The van der Waals surface area contributed by atoms with Crippen LogP contribution in [0.1, 0.15) is 84.0 Å². The van der Waals surface area contributed by atoms with E-state index in [1.54, 1.807) is 29.2 Å². The Kier molecular flexibility index (Phi) is 10.7. The Morgan fingerprint density at radius 2 is 1.81 bits per heavy atom. The first-order valence-electron chi connectivity index (χ1n) is 15.0. The molecule has 2 aliphatic rings. The van der Waals surface area contributed by atoms with Gasteiger partial charge < -0.3 is 19.8 Å². The third-order valence-corrected chi connectivity index (χ3v) is 11.5. The Morgan fingerprint density at radius 1 is 1.17 bits per heavy atom. The van der Waals surface area contributed by atoms with Crippen molar-refractivity contribution in [2.24, 2.45) is 28.1 Å². The van der Waals surface area contributed by atoms with Crippen LogP contribution in [0.3, 0.4) is 0 Å². The first-order valence-corrected chi connectivity index (χ1v) is 16.0. The summed E-state index contributed by atoms with van der Waals surface area (Å²) in [5.74, 6) is -2.39. The lowest BCUT2D eigenvalue weighted by molar-refractivity contribution is -0.191. The normalized spacial score (nSPS) is 32.8. The number of hydrogen-bond acceptors (Lipinski definition) is 7. The van der Waals surface area contributed by atoms with Crippen molar-refractivity contribution in [2.45, 2.75) is 90.7 Å². The van der Waals surface area contributed by atoms with E-state index < -0.39 is 46.3 Å². The van der Waals surface area contributed by atoms with Crippen molar-refractivity contribution in [2.75, 3.05) is 18.8 Å². The van der Waals surface area contributed by atoms with E-state index in [2.05, 4.69) is 6.58 Å². The third kappa shape index (κ3) is 6.18. The van der Waals surface area contributed by atoms with Gasteiger partial charge in [0.25, 0.3) is 0 Å². The molecule has 232 valence electrons. The van der Waals surface area contributed by atoms with Crippen LogP contribution in [0.25, 0.3) is 0 Å². The number of thioether (sulfide) groups is 1. The summed E-state index contributed by atoms with van der Waals surface area (Å²) < 4.78 is 6.14. The Balaban J connectivity index is 1.98. The van der Waals surface area contributed by atoms with Crippen LogP contribution in [-0.4, -0.2) is 69.8 Å². The Bertz CT molecular complexity index is 1200. The smallest absolute Gasteiger partial charge is 0.336 e. The van der Waals surface area contributed by atoms with E-state index in [0.29, 0.717) is 37.2 Å². The fourth-order valence-corrected chi connectivity index (χ4v) is 7.98. The van der Waals surface area contributed by atoms with Crippen LogP contribution in [-0.2, 0) is 19.1 Å². The predicted molar refractivity (Wildman–Crippen MR) is 163 cm³/mol. The quantitative estimate of drug-likeness (QED) is 0.190. The van der Waals surface area contributed by atoms with Gasteiger partial charge >= 0.3 is 11.9 Å². The number of hydrogen-bond donors (Lipinski definition) is 2. The molecule has 9 heteroatoms. The number of ketones is 1. The van der Waals surface area contributed by atoms with E-state index >= 15 is 0 Å². The first kappa shape index (κ1) is 33.8. The van der Waals surface area contributed by atoms with Crippen molar-refractivity contribution in [3.8, 4) is 0 Å². The second-order valence-corrected chi connectivity index (χ2v) is 13.5. The van der Waals surface area contributed by atoms with Gasteiger partial charge in [0.2, 0.25) is 5.91 Å². The molecule has 2 aliphatic carbocycles. The topological polar surface area (TPSA) is 121 Å². The number of fused-ring (bicyclic) bond motifs is 2. The number of esters is 1. The maximum atomic E-state index is 14.8. The molecule has 2 bridgehead atoms. The number of rotatable bonds is 11. The van der Waals surface area contributed by atoms with Crippen molar-refractivity contribution in [3.05, 3.63) is 42.5 Å². The Morgan fingerprint density at radius 3 is 2.40 bits per heavy atom. The van der Waals surface area contributed by atoms with Gasteiger partial charge in [0.05, 0.1) is 22.8 Å². The monoisotopic (exact) mass is 601 g/mol. The molecule has 2 fully saturated rings. The molecule has 0 radical (unpaired) electrons. The number of amides is 1. The highest BCUT2D eigenvalue weighted by atomic mass is 32.2. The molecule has 42 heavy (non-hydrogen) atoms. The molecule has 0 aliphatic heterocycles. The molecule has 7 atom stereocenters. The van der Waals surface area contributed by atoms with Gasteiger partial charge in [-0.3, -0.25) is 14.4 Å². The van der Waals surface area contributed by atoms with Crippen molar-refractivity contribution >= 4 is 35.4 Å². The summed E-state index contributed by atoms with van der Waals surface area (Å²) in [5.41, 5.74) is -2.77. The van der Waals surface area contributed by atoms with Gasteiger partial charge in [0.15, 0.2) is 0 Å². The molecule has 0 heterocycles. The van der Waals surface area contributed by atoms with Gasteiger partial charge in [-0.1, -0.05) is 39.0 Å². The lowest BCUT2D eigenvalue weighted by atomic mass is 9.46. The van der Waals surface area contributed by atoms with Crippen molar-refractivity contribution in [1.82, 2.24) is 4.90 Å². The number of carboxylic acid groups (broad SMARTS) is 1. The van der Waals surface area contributed by atoms with Crippen LogP contribution >= 0.6 is 11.8 Å². The molecule has 1 amide bonds. The molecule has 1 aromatic carbocycles. The molecule has 2 N–H and O–H groups in total. The first-order chi connectivity index (χ1) is 19.7. The summed E-state index contributed by atoms with van der Waals surface area (Å²) in [5, 5.41) is 21.3. The molecular weight excluding hydrogens is 554 g/mol. The number of aromatic carboxylic acids is 1. The number of ether oxygens (including phenoxy) is 1. The number of carboxylic acids is 1. The minimum atomic E-state index is -1.08. The highest BCUT2D eigenvalue weighted by Gasteiger charge is 2.64. The lowest BCUT2D eigenvalue weighted by Gasteiger charge is -2.58. The minimum absolute atomic E-state index is 0.0145. The summed E-state index contributed by atoms with van der Waals surface area (Å²) >= 11 is 1.08. The summed E-state index contributed by atoms with van der Waals surface area (Å²) in [6, 6.07) is 6.46. The Labute approximate surface area is 254 Å². The summed E-state index contributed by atoms with van der Waals surface area (Å²) in [4.78, 5) is 55.0. The SMILES string of the molecule is C=C[C@]1(C)C[C@@H](OC(=O)CSc2ccccc2C(=O)O)[C@@]2(C)C(=O)[C@](CCC(=O)N(CC)CC)(CCC2C)[C@@H](C)[C@@H]1O. The second kappa shape index (κ2) is 13.3. The average molecular weight is 602 g/mol. The maximum Gasteiger partial charge on any atom is 0.336 e. The van der Waals surface area contributed by atoms with Crippen LogP contribution in [0.2, 0.25) is 0 Å².